The van der Waals surface area contributed by atoms with Gasteiger partial charge in [-0.2, -0.15) is 0 Å². The average Bonchev–Trinajstić information content (AvgIpc) is 3.71. The first-order chi connectivity index (χ1) is 25.7. The van der Waals surface area contributed by atoms with Crippen molar-refractivity contribution in [2.24, 2.45) is 9.98 Å². The third-order valence-electron chi connectivity index (χ3n) is 11.0. The summed E-state index contributed by atoms with van der Waals surface area (Å²) in [6.07, 6.45) is 3.52. The van der Waals surface area contributed by atoms with Crippen molar-refractivity contribution in [3.63, 3.8) is 0 Å². The lowest BCUT2D eigenvalue weighted by Crippen LogP contribution is -2.38. The molecule has 4 rings (SSSR count). The molecule has 10 heteroatoms. The van der Waals surface area contributed by atoms with Gasteiger partial charge in [-0.15, -0.1) is 0 Å². The molecule has 2 atom stereocenters. The van der Waals surface area contributed by atoms with Gasteiger partial charge in [0.2, 0.25) is 0 Å². The average molecular weight is 777 g/mol. The highest BCUT2D eigenvalue weighted by molar-refractivity contribution is 6.29. The molecule has 0 saturated heterocycles. The lowest BCUT2D eigenvalue weighted by molar-refractivity contribution is -0.169. The van der Waals surface area contributed by atoms with Gasteiger partial charge in [-0.3, -0.25) is 0 Å². The van der Waals surface area contributed by atoms with Gasteiger partial charge in [0.1, 0.15) is 49.0 Å². The number of aryl methyl sites for hydroxylation is 2. The Morgan fingerprint density at radius 2 is 0.857 bits per heavy atom. The van der Waals surface area contributed by atoms with Crippen molar-refractivity contribution in [2.75, 3.05) is 26.4 Å². The standard InChI is InChI=1S/C46H68N2O8/c1-15-45(25-53-35(47-45)19-17-29-21-31(41(3,4)5)37(49)32(22-29)42(6,7)8)27-55-39(51)40(52)56-28-46(16-2)26-54-36(48-46)20-18-30-23-33(43(9,10)11)38(50)34(24-30)44(12,13)14/h21-24,49-50H,15-20,25-28H2,1-14H3. The Kier molecular flexibility index (Phi) is 13.1. The molecule has 2 heterocycles. The number of carbonyl (C=O) groups is 2. The first-order valence-electron chi connectivity index (χ1n) is 20.2. The van der Waals surface area contributed by atoms with Gasteiger partial charge in [-0.1, -0.05) is 121 Å². The molecule has 0 aliphatic carbocycles. The Balaban J connectivity index is 1.34. The van der Waals surface area contributed by atoms with E-state index in [0.29, 0.717) is 61.8 Å². The number of phenolic OH excluding ortho intramolecular Hbond substituents is 2. The Morgan fingerprint density at radius 1 is 0.571 bits per heavy atom. The molecule has 2 aromatic rings. The molecule has 10 nitrogen and oxygen atoms in total. The van der Waals surface area contributed by atoms with Crippen LogP contribution in [-0.4, -0.2) is 71.5 Å². The number of phenols is 2. The molecule has 0 bridgehead atoms. The van der Waals surface area contributed by atoms with Crippen molar-refractivity contribution in [2.45, 2.75) is 168 Å². The first-order valence-corrected chi connectivity index (χ1v) is 20.2. The number of aliphatic imine (C=N–C) groups is 2. The molecule has 0 saturated carbocycles. The maximum Gasteiger partial charge on any atom is 0.417 e. The fourth-order valence-corrected chi connectivity index (χ4v) is 7.05. The molecule has 0 aromatic heterocycles. The second-order valence-corrected chi connectivity index (χ2v) is 20.0. The number of ether oxygens (including phenoxy) is 4. The number of hydrogen-bond donors (Lipinski definition) is 2. The quantitative estimate of drug-likeness (QED) is 0.161. The number of nitrogens with zero attached hydrogens (tertiary/aromatic N) is 2. The number of aromatic hydroxyl groups is 2. The van der Waals surface area contributed by atoms with Gasteiger partial charge in [-0.05, 0) is 80.7 Å². The van der Waals surface area contributed by atoms with Crippen LogP contribution in [0, 0.1) is 0 Å². The zero-order valence-corrected chi connectivity index (χ0v) is 36.6. The minimum absolute atomic E-state index is 0.113. The molecule has 2 aliphatic heterocycles. The summed E-state index contributed by atoms with van der Waals surface area (Å²) in [5, 5.41) is 22.2. The van der Waals surface area contributed by atoms with Crippen molar-refractivity contribution < 1.29 is 38.7 Å². The van der Waals surface area contributed by atoms with E-state index in [4.69, 9.17) is 28.9 Å². The van der Waals surface area contributed by atoms with Crippen LogP contribution in [0.25, 0.3) is 0 Å². The third kappa shape index (κ3) is 10.6. The fraction of sp³-hybridized carbons (Fsp3) is 0.652. The first kappa shape index (κ1) is 44.6. The van der Waals surface area contributed by atoms with E-state index in [1.165, 1.54) is 0 Å². The minimum Gasteiger partial charge on any atom is -0.507 e. The van der Waals surface area contributed by atoms with Crippen molar-refractivity contribution in [1.29, 1.82) is 0 Å². The van der Waals surface area contributed by atoms with E-state index >= 15 is 0 Å². The maximum atomic E-state index is 12.9. The van der Waals surface area contributed by atoms with Gasteiger partial charge in [0, 0.05) is 12.8 Å². The summed E-state index contributed by atoms with van der Waals surface area (Å²) in [5.74, 6) is -0.329. The van der Waals surface area contributed by atoms with Crippen LogP contribution in [0.3, 0.4) is 0 Å². The van der Waals surface area contributed by atoms with Gasteiger partial charge in [0.25, 0.3) is 0 Å². The number of rotatable bonds is 12. The highest BCUT2D eigenvalue weighted by Crippen LogP contribution is 2.42. The topological polar surface area (TPSA) is 136 Å². The second kappa shape index (κ2) is 16.4. The van der Waals surface area contributed by atoms with Crippen molar-refractivity contribution in [1.82, 2.24) is 0 Å². The predicted octanol–water partition coefficient (Wildman–Crippen LogP) is 9.09. The molecular weight excluding hydrogens is 709 g/mol. The van der Waals surface area contributed by atoms with Gasteiger partial charge in [0.05, 0.1) is 0 Å². The summed E-state index contributed by atoms with van der Waals surface area (Å²) in [7, 11) is 0. The molecule has 0 fully saturated rings. The molecule has 2 aromatic carbocycles. The van der Waals surface area contributed by atoms with E-state index < -0.39 is 23.0 Å². The molecule has 2 N–H and O–H groups in total. The summed E-state index contributed by atoms with van der Waals surface area (Å²) in [6.45, 7) is 29.3. The Bertz CT molecular complexity index is 1630. The summed E-state index contributed by atoms with van der Waals surface area (Å²) < 4.78 is 22.9. The normalized spacial score (nSPS) is 20.2. The van der Waals surface area contributed by atoms with Crippen LogP contribution in [0.15, 0.2) is 34.3 Å². The van der Waals surface area contributed by atoms with Crippen molar-refractivity contribution >= 4 is 23.7 Å². The largest absolute Gasteiger partial charge is 0.507 e. The van der Waals surface area contributed by atoms with Gasteiger partial charge in [0.15, 0.2) is 11.8 Å². The van der Waals surface area contributed by atoms with Crippen LogP contribution in [0.1, 0.15) is 156 Å². The molecule has 2 aliphatic rings. The van der Waals surface area contributed by atoms with E-state index in [9.17, 15) is 19.8 Å². The van der Waals surface area contributed by atoms with Gasteiger partial charge >= 0.3 is 11.9 Å². The zero-order chi connectivity index (χ0) is 42.1. The van der Waals surface area contributed by atoms with E-state index in [-0.39, 0.29) is 48.1 Å². The van der Waals surface area contributed by atoms with E-state index in [1.807, 2.05) is 13.8 Å². The zero-order valence-electron chi connectivity index (χ0n) is 36.6. The summed E-state index contributed by atoms with van der Waals surface area (Å²) in [6, 6.07) is 8.26. The minimum atomic E-state index is -1.08. The maximum absolute atomic E-state index is 12.9. The molecule has 56 heavy (non-hydrogen) atoms. The smallest absolute Gasteiger partial charge is 0.417 e. The van der Waals surface area contributed by atoms with Gasteiger partial charge < -0.3 is 29.2 Å². The van der Waals surface area contributed by atoms with Crippen LogP contribution in [0.2, 0.25) is 0 Å². The number of hydrogen-bond acceptors (Lipinski definition) is 10. The predicted molar refractivity (Wildman–Crippen MR) is 222 cm³/mol. The number of carbonyl (C=O) groups excluding carboxylic acids is 2. The highest BCUT2D eigenvalue weighted by atomic mass is 16.6. The Morgan fingerprint density at radius 3 is 1.11 bits per heavy atom. The molecular formula is C46H68N2O8. The molecule has 310 valence electrons. The van der Waals surface area contributed by atoms with E-state index in [0.717, 1.165) is 33.4 Å². The van der Waals surface area contributed by atoms with Crippen molar-refractivity contribution in [3.05, 3.63) is 57.6 Å². The van der Waals surface area contributed by atoms with Crippen molar-refractivity contribution in [3.8, 4) is 11.5 Å². The Labute approximate surface area is 335 Å². The van der Waals surface area contributed by atoms with Crippen LogP contribution >= 0.6 is 0 Å². The lowest BCUT2D eigenvalue weighted by Gasteiger charge is -2.28. The molecule has 0 radical (unpaired) electrons. The highest BCUT2D eigenvalue weighted by Gasteiger charge is 2.40. The van der Waals surface area contributed by atoms with E-state index in [2.05, 4.69) is 107 Å². The molecule has 0 spiro atoms. The van der Waals surface area contributed by atoms with Crippen LogP contribution in [-0.2, 0) is 63.0 Å². The lowest BCUT2D eigenvalue weighted by atomic mass is 9.78. The van der Waals surface area contributed by atoms with Crippen LogP contribution in [0.4, 0.5) is 0 Å². The summed E-state index contributed by atoms with van der Waals surface area (Å²) in [4.78, 5) is 35.4. The number of benzene rings is 2. The molecule has 2 unspecified atom stereocenters. The SMILES string of the molecule is CCC1(COC(=O)C(=O)OCC2(CC)COC(CCc3cc(C(C)(C)C)c(O)c(C(C)(C)C)c3)=N2)COC(CCc2cc(C(C)(C)C)c(O)c(C(C)(C)C)c2)=N1. The van der Waals surface area contributed by atoms with Crippen LogP contribution in [0.5, 0.6) is 11.5 Å². The fourth-order valence-electron chi connectivity index (χ4n) is 7.05. The van der Waals surface area contributed by atoms with E-state index in [1.54, 1.807) is 0 Å². The number of esters is 2. The second-order valence-electron chi connectivity index (χ2n) is 20.0. The Hall–Kier alpha value is -4.08. The third-order valence-corrected chi connectivity index (χ3v) is 11.0. The van der Waals surface area contributed by atoms with Gasteiger partial charge in [-0.25, -0.2) is 19.6 Å². The summed E-state index contributed by atoms with van der Waals surface area (Å²) in [5.41, 5.74) is 3.28. The molecule has 0 amide bonds. The monoisotopic (exact) mass is 776 g/mol. The summed E-state index contributed by atoms with van der Waals surface area (Å²) >= 11 is 0. The van der Waals surface area contributed by atoms with Crippen LogP contribution < -0.4 is 0 Å².